The van der Waals surface area contributed by atoms with Gasteiger partial charge in [-0.25, -0.2) is 0 Å². The van der Waals surface area contributed by atoms with E-state index in [1.54, 1.807) is 31.4 Å². The maximum absolute atomic E-state index is 11.7. The van der Waals surface area contributed by atoms with Crippen molar-refractivity contribution in [3.8, 4) is 0 Å². The van der Waals surface area contributed by atoms with Crippen LogP contribution in [0.15, 0.2) is 28.7 Å². The van der Waals surface area contributed by atoms with Crippen LogP contribution in [0.2, 0.25) is 0 Å². The van der Waals surface area contributed by atoms with E-state index >= 15 is 0 Å². The molecule has 0 aliphatic rings. The lowest BCUT2D eigenvalue weighted by Crippen LogP contribution is -2.38. The maximum Gasteiger partial charge on any atom is 0.251 e. The molecule has 5 nitrogen and oxygen atoms in total. The standard InChI is InChI=1S/C12H15BrN2O3/c1-18-7-6-14-11(16)8-15-12(17)9-2-4-10(13)5-3-9/h2-5H,6-8H2,1H3,(H,14,16)(H,15,17). The number of halogens is 1. The third-order valence-electron chi connectivity index (χ3n) is 2.14. The molecule has 0 spiro atoms. The molecule has 98 valence electrons. The molecule has 0 heterocycles. The molecular weight excluding hydrogens is 300 g/mol. The van der Waals surface area contributed by atoms with E-state index in [1.165, 1.54) is 0 Å². The van der Waals surface area contributed by atoms with E-state index in [1.807, 2.05) is 0 Å². The van der Waals surface area contributed by atoms with Gasteiger partial charge in [-0.2, -0.15) is 0 Å². The third-order valence-corrected chi connectivity index (χ3v) is 2.67. The molecule has 0 fully saturated rings. The minimum atomic E-state index is -0.274. The summed E-state index contributed by atoms with van der Waals surface area (Å²) in [6.45, 7) is 0.842. The van der Waals surface area contributed by atoms with Crippen molar-refractivity contribution in [3.05, 3.63) is 34.3 Å². The molecule has 0 aliphatic heterocycles. The molecule has 18 heavy (non-hydrogen) atoms. The predicted octanol–water partition coefficient (Wildman–Crippen LogP) is 0.942. The van der Waals surface area contributed by atoms with Gasteiger partial charge in [0, 0.05) is 23.7 Å². The molecule has 0 unspecified atom stereocenters. The van der Waals surface area contributed by atoms with Crippen LogP contribution in [0.5, 0.6) is 0 Å². The summed E-state index contributed by atoms with van der Waals surface area (Å²) >= 11 is 3.28. The van der Waals surface area contributed by atoms with E-state index < -0.39 is 0 Å². The summed E-state index contributed by atoms with van der Waals surface area (Å²) in [7, 11) is 1.56. The highest BCUT2D eigenvalue weighted by Gasteiger charge is 2.07. The zero-order chi connectivity index (χ0) is 13.4. The number of rotatable bonds is 6. The van der Waals surface area contributed by atoms with Crippen LogP contribution < -0.4 is 10.6 Å². The molecular formula is C12H15BrN2O3. The number of methoxy groups -OCH3 is 1. The molecule has 1 aromatic carbocycles. The van der Waals surface area contributed by atoms with Crippen LogP contribution in [0.4, 0.5) is 0 Å². The Morgan fingerprint density at radius 3 is 2.50 bits per heavy atom. The first-order chi connectivity index (χ1) is 8.63. The Kier molecular flexibility index (Phi) is 6.38. The fourth-order valence-corrected chi connectivity index (χ4v) is 1.48. The van der Waals surface area contributed by atoms with Crippen LogP contribution in [0, 0.1) is 0 Å². The van der Waals surface area contributed by atoms with Gasteiger partial charge in [0.15, 0.2) is 0 Å². The van der Waals surface area contributed by atoms with Gasteiger partial charge in [-0.15, -0.1) is 0 Å². The Morgan fingerprint density at radius 2 is 1.89 bits per heavy atom. The lowest BCUT2D eigenvalue weighted by Gasteiger charge is -2.06. The number of benzene rings is 1. The number of hydrogen-bond acceptors (Lipinski definition) is 3. The second kappa shape index (κ2) is 7.84. The molecule has 1 aromatic rings. The molecule has 0 bridgehead atoms. The SMILES string of the molecule is COCCNC(=O)CNC(=O)c1ccc(Br)cc1. The highest BCUT2D eigenvalue weighted by Crippen LogP contribution is 2.10. The van der Waals surface area contributed by atoms with Crippen LogP contribution >= 0.6 is 15.9 Å². The summed E-state index contributed by atoms with van der Waals surface area (Å²) in [4.78, 5) is 23.0. The van der Waals surface area contributed by atoms with Gasteiger partial charge in [-0.05, 0) is 24.3 Å². The fourth-order valence-electron chi connectivity index (χ4n) is 1.22. The molecule has 0 radical (unpaired) electrons. The van der Waals surface area contributed by atoms with Crippen molar-refractivity contribution in [1.29, 1.82) is 0 Å². The average molecular weight is 315 g/mol. The quantitative estimate of drug-likeness (QED) is 0.768. The van der Waals surface area contributed by atoms with Crippen LogP contribution in [0.25, 0.3) is 0 Å². The zero-order valence-electron chi connectivity index (χ0n) is 10.0. The number of carbonyl (C=O) groups is 2. The van der Waals surface area contributed by atoms with Crippen molar-refractivity contribution in [1.82, 2.24) is 10.6 Å². The number of nitrogens with one attached hydrogen (secondary N) is 2. The highest BCUT2D eigenvalue weighted by molar-refractivity contribution is 9.10. The number of amides is 2. The highest BCUT2D eigenvalue weighted by atomic mass is 79.9. The van der Waals surface area contributed by atoms with Gasteiger partial charge in [0.1, 0.15) is 0 Å². The molecule has 0 aromatic heterocycles. The summed E-state index contributed by atoms with van der Waals surface area (Å²) < 4.78 is 5.69. The summed E-state index contributed by atoms with van der Waals surface area (Å²) in [5.41, 5.74) is 0.517. The molecule has 2 N–H and O–H groups in total. The smallest absolute Gasteiger partial charge is 0.251 e. The van der Waals surface area contributed by atoms with Gasteiger partial charge >= 0.3 is 0 Å². The maximum atomic E-state index is 11.7. The van der Waals surface area contributed by atoms with E-state index in [0.717, 1.165) is 4.47 Å². The predicted molar refractivity (Wildman–Crippen MR) is 71.4 cm³/mol. The van der Waals surface area contributed by atoms with Crippen LogP contribution in [-0.4, -0.2) is 38.6 Å². The van der Waals surface area contributed by atoms with Gasteiger partial charge < -0.3 is 15.4 Å². The summed E-state index contributed by atoms with van der Waals surface area (Å²) in [5, 5.41) is 5.15. The lowest BCUT2D eigenvalue weighted by atomic mass is 10.2. The normalized spacial score (nSPS) is 9.89. The van der Waals surface area contributed by atoms with E-state index in [9.17, 15) is 9.59 Å². The minimum absolute atomic E-state index is 0.0430. The van der Waals surface area contributed by atoms with E-state index in [0.29, 0.717) is 18.7 Å². The Balaban J connectivity index is 2.32. The van der Waals surface area contributed by atoms with Crippen LogP contribution in [0.3, 0.4) is 0 Å². The monoisotopic (exact) mass is 314 g/mol. The molecule has 0 saturated carbocycles. The van der Waals surface area contributed by atoms with Gasteiger partial charge in [0.2, 0.25) is 5.91 Å². The largest absolute Gasteiger partial charge is 0.383 e. The Hall–Kier alpha value is -1.40. The first kappa shape index (κ1) is 14.7. The first-order valence-corrected chi connectivity index (χ1v) is 6.22. The molecule has 0 aliphatic carbocycles. The van der Waals surface area contributed by atoms with E-state index in [-0.39, 0.29) is 18.4 Å². The Bertz CT molecular complexity index is 406. The van der Waals surface area contributed by atoms with Crippen molar-refractivity contribution in [2.75, 3.05) is 26.8 Å². The lowest BCUT2D eigenvalue weighted by molar-refractivity contribution is -0.120. The number of ether oxygens (including phenoxy) is 1. The van der Waals surface area contributed by atoms with Gasteiger partial charge in [0.05, 0.1) is 13.2 Å². The summed E-state index contributed by atoms with van der Waals surface area (Å²) in [6, 6.07) is 6.91. The molecule has 0 atom stereocenters. The van der Waals surface area contributed by atoms with Crippen molar-refractivity contribution in [2.24, 2.45) is 0 Å². The Morgan fingerprint density at radius 1 is 1.22 bits per heavy atom. The van der Waals surface area contributed by atoms with Crippen molar-refractivity contribution in [3.63, 3.8) is 0 Å². The number of carbonyl (C=O) groups excluding carboxylic acids is 2. The summed E-state index contributed by atoms with van der Waals surface area (Å²) in [5.74, 6) is -0.512. The van der Waals surface area contributed by atoms with Gasteiger partial charge in [-0.1, -0.05) is 15.9 Å². The van der Waals surface area contributed by atoms with E-state index in [4.69, 9.17) is 4.74 Å². The molecule has 2 amide bonds. The topological polar surface area (TPSA) is 67.4 Å². The first-order valence-electron chi connectivity index (χ1n) is 5.43. The summed E-state index contributed by atoms with van der Waals surface area (Å²) in [6.07, 6.45) is 0. The molecule has 6 heteroatoms. The second-order valence-electron chi connectivity index (χ2n) is 3.53. The average Bonchev–Trinajstić information content (AvgIpc) is 2.37. The molecule has 1 rings (SSSR count). The van der Waals surface area contributed by atoms with Crippen molar-refractivity contribution in [2.45, 2.75) is 0 Å². The van der Waals surface area contributed by atoms with Gasteiger partial charge in [-0.3, -0.25) is 9.59 Å². The van der Waals surface area contributed by atoms with Crippen molar-refractivity contribution < 1.29 is 14.3 Å². The third kappa shape index (κ3) is 5.29. The fraction of sp³-hybridized carbons (Fsp3) is 0.333. The minimum Gasteiger partial charge on any atom is -0.383 e. The van der Waals surface area contributed by atoms with Crippen LogP contribution in [0.1, 0.15) is 10.4 Å². The van der Waals surface area contributed by atoms with Crippen molar-refractivity contribution >= 4 is 27.7 Å². The molecule has 0 saturated heterocycles. The Labute approximate surface area is 114 Å². The van der Waals surface area contributed by atoms with Gasteiger partial charge in [0.25, 0.3) is 5.91 Å². The second-order valence-corrected chi connectivity index (χ2v) is 4.45. The van der Waals surface area contributed by atoms with E-state index in [2.05, 4.69) is 26.6 Å². The van der Waals surface area contributed by atoms with Crippen LogP contribution in [-0.2, 0) is 9.53 Å². The number of hydrogen-bond donors (Lipinski definition) is 2. The zero-order valence-corrected chi connectivity index (χ0v) is 11.6.